The smallest absolute Gasteiger partial charge is 0.237 e. The second-order valence-electron chi connectivity index (χ2n) is 5.95. The molecule has 0 saturated carbocycles. The first kappa shape index (κ1) is 14.8. The van der Waals surface area contributed by atoms with Gasteiger partial charge in [-0.2, -0.15) is 0 Å². The Balaban J connectivity index is 1.68. The van der Waals surface area contributed by atoms with Gasteiger partial charge in [0.25, 0.3) is 0 Å². The second-order valence-corrected chi connectivity index (χ2v) is 5.95. The maximum absolute atomic E-state index is 12.2. The van der Waals surface area contributed by atoms with E-state index in [1.165, 1.54) is 12.8 Å². The van der Waals surface area contributed by atoms with Crippen molar-refractivity contribution in [2.24, 2.45) is 5.92 Å². The molecule has 0 aromatic rings. The third-order valence-electron chi connectivity index (χ3n) is 4.48. The van der Waals surface area contributed by atoms with E-state index >= 15 is 0 Å². The summed E-state index contributed by atoms with van der Waals surface area (Å²) in [5.41, 5.74) is 0. The molecule has 110 valence electrons. The molecule has 1 atom stereocenters. The topological polar surface area (TPSA) is 47.6 Å². The average molecular weight is 268 g/mol. The van der Waals surface area contributed by atoms with Gasteiger partial charge in [-0.05, 0) is 45.8 Å². The fourth-order valence-corrected chi connectivity index (χ4v) is 2.89. The zero-order valence-corrected chi connectivity index (χ0v) is 12.3. The summed E-state index contributed by atoms with van der Waals surface area (Å²) in [7, 11) is 2.17. The molecule has 0 bridgehead atoms. The van der Waals surface area contributed by atoms with Crippen LogP contribution in [-0.4, -0.2) is 74.6 Å². The predicted molar refractivity (Wildman–Crippen MR) is 77.1 cm³/mol. The summed E-state index contributed by atoms with van der Waals surface area (Å²) >= 11 is 0. The van der Waals surface area contributed by atoms with E-state index in [9.17, 15) is 4.79 Å². The largest absolute Gasteiger partial charge is 0.354 e. The Labute approximate surface area is 116 Å². The molecule has 0 aromatic heterocycles. The lowest BCUT2D eigenvalue weighted by Crippen LogP contribution is -2.53. The van der Waals surface area contributed by atoms with E-state index in [1.54, 1.807) is 0 Å². The highest BCUT2D eigenvalue weighted by atomic mass is 16.2. The number of nitrogens with one attached hydrogen (secondary N) is 2. The highest BCUT2D eigenvalue weighted by Gasteiger charge is 2.23. The summed E-state index contributed by atoms with van der Waals surface area (Å²) in [6.07, 6.45) is 2.41. The van der Waals surface area contributed by atoms with Crippen LogP contribution >= 0.6 is 0 Å². The number of rotatable bonds is 4. The van der Waals surface area contributed by atoms with E-state index in [1.807, 2.05) is 6.92 Å². The van der Waals surface area contributed by atoms with E-state index < -0.39 is 0 Å². The lowest BCUT2D eigenvalue weighted by atomic mass is 9.97. The van der Waals surface area contributed by atoms with Crippen molar-refractivity contribution in [3.63, 3.8) is 0 Å². The molecule has 1 unspecified atom stereocenters. The minimum absolute atomic E-state index is 0.00774. The Bertz CT molecular complexity index is 283. The molecular weight excluding hydrogens is 240 g/mol. The Morgan fingerprint density at radius 2 is 1.89 bits per heavy atom. The van der Waals surface area contributed by atoms with Crippen LogP contribution in [0.5, 0.6) is 0 Å². The SMILES string of the molecule is CC(C(=O)NCC1CCN(C)CC1)N1CCNCC1. The van der Waals surface area contributed by atoms with Gasteiger partial charge in [0, 0.05) is 32.7 Å². The van der Waals surface area contributed by atoms with Crippen LogP contribution in [0.25, 0.3) is 0 Å². The minimum Gasteiger partial charge on any atom is -0.354 e. The molecule has 0 aliphatic carbocycles. The molecule has 2 saturated heterocycles. The molecule has 19 heavy (non-hydrogen) atoms. The summed E-state index contributed by atoms with van der Waals surface area (Å²) in [6, 6.07) is 0.00774. The summed E-state index contributed by atoms with van der Waals surface area (Å²) in [5.74, 6) is 0.858. The zero-order chi connectivity index (χ0) is 13.7. The van der Waals surface area contributed by atoms with Gasteiger partial charge in [-0.3, -0.25) is 9.69 Å². The van der Waals surface area contributed by atoms with Gasteiger partial charge in [-0.15, -0.1) is 0 Å². The molecule has 1 amide bonds. The van der Waals surface area contributed by atoms with Gasteiger partial charge in [0.15, 0.2) is 0 Å². The summed E-state index contributed by atoms with van der Waals surface area (Å²) in [5, 5.41) is 6.46. The third kappa shape index (κ3) is 4.44. The second kappa shape index (κ2) is 7.22. The van der Waals surface area contributed by atoms with Gasteiger partial charge in [0.05, 0.1) is 6.04 Å². The van der Waals surface area contributed by atoms with Crippen LogP contribution < -0.4 is 10.6 Å². The number of piperazine rings is 1. The van der Waals surface area contributed by atoms with Crippen molar-refractivity contribution in [1.82, 2.24) is 20.4 Å². The summed E-state index contributed by atoms with van der Waals surface area (Å²) < 4.78 is 0. The number of amides is 1. The molecule has 2 aliphatic heterocycles. The van der Waals surface area contributed by atoms with Crippen molar-refractivity contribution in [3.8, 4) is 0 Å². The first-order chi connectivity index (χ1) is 9.16. The Morgan fingerprint density at radius 3 is 2.53 bits per heavy atom. The van der Waals surface area contributed by atoms with Gasteiger partial charge in [-0.1, -0.05) is 0 Å². The van der Waals surface area contributed by atoms with E-state index in [2.05, 4.69) is 27.5 Å². The van der Waals surface area contributed by atoms with Crippen molar-refractivity contribution in [2.45, 2.75) is 25.8 Å². The van der Waals surface area contributed by atoms with E-state index in [-0.39, 0.29) is 11.9 Å². The number of hydrogen-bond acceptors (Lipinski definition) is 4. The molecule has 2 heterocycles. The number of nitrogens with zero attached hydrogens (tertiary/aromatic N) is 2. The molecular formula is C14H28N4O. The van der Waals surface area contributed by atoms with Crippen molar-refractivity contribution in [2.75, 3.05) is 52.9 Å². The van der Waals surface area contributed by atoms with Crippen LogP contribution in [0.3, 0.4) is 0 Å². The molecule has 0 aromatic carbocycles. The lowest BCUT2D eigenvalue weighted by Gasteiger charge is -2.33. The Kier molecular flexibility index (Phi) is 5.60. The Hall–Kier alpha value is -0.650. The predicted octanol–water partition coefficient (Wildman–Crippen LogP) is -0.262. The minimum atomic E-state index is 0.00774. The van der Waals surface area contributed by atoms with Gasteiger partial charge in [0.2, 0.25) is 5.91 Å². The van der Waals surface area contributed by atoms with Crippen LogP contribution in [0.2, 0.25) is 0 Å². The zero-order valence-electron chi connectivity index (χ0n) is 12.3. The molecule has 2 fully saturated rings. The fraction of sp³-hybridized carbons (Fsp3) is 0.929. The third-order valence-corrected chi connectivity index (χ3v) is 4.48. The number of piperidine rings is 1. The van der Waals surface area contributed by atoms with Gasteiger partial charge >= 0.3 is 0 Å². The molecule has 5 nitrogen and oxygen atoms in total. The molecule has 0 spiro atoms. The van der Waals surface area contributed by atoms with Gasteiger partial charge in [0.1, 0.15) is 0 Å². The summed E-state index contributed by atoms with van der Waals surface area (Å²) in [4.78, 5) is 16.8. The molecule has 0 radical (unpaired) electrons. The first-order valence-corrected chi connectivity index (χ1v) is 7.58. The molecule has 2 rings (SSSR count). The molecule has 5 heteroatoms. The monoisotopic (exact) mass is 268 g/mol. The quantitative estimate of drug-likeness (QED) is 0.737. The first-order valence-electron chi connectivity index (χ1n) is 7.58. The number of carbonyl (C=O) groups is 1. The van der Waals surface area contributed by atoms with Crippen molar-refractivity contribution in [1.29, 1.82) is 0 Å². The van der Waals surface area contributed by atoms with Crippen LogP contribution in [0, 0.1) is 5.92 Å². The molecule has 2 aliphatic rings. The van der Waals surface area contributed by atoms with E-state index in [0.717, 1.165) is 45.8 Å². The maximum Gasteiger partial charge on any atom is 0.237 e. The number of hydrogen-bond donors (Lipinski definition) is 2. The van der Waals surface area contributed by atoms with Crippen LogP contribution in [0.15, 0.2) is 0 Å². The van der Waals surface area contributed by atoms with Crippen molar-refractivity contribution < 1.29 is 4.79 Å². The average Bonchev–Trinajstić information content (AvgIpc) is 2.46. The van der Waals surface area contributed by atoms with Crippen LogP contribution in [0.1, 0.15) is 19.8 Å². The fourth-order valence-electron chi connectivity index (χ4n) is 2.89. The highest BCUT2D eigenvalue weighted by Crippen LogP contribution is 2.14. The van der Waals surface area contributed by atoms with Gasteiger partial charge < -0.3 is 15.5 Å². The van der Waals surface area contributed by atoms with Crippen molar-refractivity contribution in [3.05, 3.63) is 0 Å². The number of likely N-dealkylation sites (tertiary alicyclic amines) is 1. The Morgan fingerprint density at radius 1 is 1.26 bits per heavy atom. The van der Waals surface area contributed by atoms with Crippen molar-refractivity contribution >= 4 is 5.91 Å². The number of carbonyl (C=O) groups excluding carboxylic acids is 1. The lowest BCUT2D eigenvalue weighted by molar-refractivity contribution is -0.126. The van der Waals surface area contributed by atoms with E-state index in [0.29, 0.717) is 5.92 Å². The standard InChI is InChI=1S/C14H28N4O/c1-12(18-9-5-15-6-10-18)14(19)16-11-13-3-7-17(2)8-4-13/h12-13,15H,3-11H2,1-2H3,(H,16,19). The van der Waals surface area contributed by atoms with E-state index in [4.69, 9.17) is 0 Å². The molecule has 2 N–H and O–H groups in total. The van der Waals surface area contributed by atoms with Crippen LogP contribution in [0.4, 0.5) is 0 Å². The highest BCUT2D eigenvalue weighted by molar-refractivity contribution is 5.81. The van der Waals surface area contributed by atoms with Crippen LogP contribution in [-0.2, 0) is 4.79 Å². The summed E-state index contributed by atoms with van der Waals surface area (Å²) in [6.45, 7) is 9.13. The normalized spacial score (nSPS) is 25.2. The maximum atomic E-state index is 12.2. The van der Waals surface area contributed by atoms with Gasteiger partial charge in [-0.25, -0.2) is 0 Å².